The van der Waals surface area contributed by atoms with Crippen molar-refractivity contribution in [3.05, 3.63) is 70.4 Å². The number of halogens is 3. The molecule has 1 unspecified atom stereocenters. The van der Waals surface area contributed by atoms with Gasteiger partial charge in [-0.15, -0.1) is 0 Å². The average Bonchev–Trinajstić information content (AvgIpc) is 2.89. The second-order valence-electron chi connectivity index (χ2n) is 4.58. The number of nitrogens with two attached hydrogens (primary N) is 1. The minimum Gasteiger partial charge on any atom is -0.456 e. The van der Waals surface area contributed by atoms with Gasteiger partial charge in [0.2, 0.25) is 0 Å². The molecular weight excluding hydrogens is 298 g/mol. The van der Waals surface area contributed by atoms with Gasteiger partial charge < -0.3 is 4.42 Å². The molecule has 0 aliphatic heterocycles. The van der Waals surface area contributed by atoms with Crippen LogP contribution >= 0.6 is 11.6 Å². The van der Waals surface area contributed by atoms with Crippen LogP contribution in [0.25, 0.3) is 11.0 Å². The Kier molecular flexibility index (Phi) is 3.63. The maximum Gasteiger partial charge on any atom is 0.169 e. The standard InChI is InChI=1S/C15H11ClF2N2O/c16-10-6-8(4-5-11(10)17)14(20-19)13-7-9-2-1-3-12(18)15(9)21-13/h1-7,14,20H,19H2. The number of rotatable bonds is 3. The zero-order valence-corrected chi connectivity index (χ0v) is 11.5. The predicted octanol–water partition coefficient (Wildman–Crippen LogP) is 3.92. The molecule has 1 heterocycles. The summed E-state index contributed by atoms with van der Waals surface area (Å²) < 4.78 is 32.4. The van der Waals surface area contributed by atoms with Crippen LogP contribution in [0.15, 0.2) is 46.9 Å². The number of benzene rings is 2. The van der Waals surface area contributed by atoms with Crippen molar-refractivity contribution in [2.24, 2.45) is 5.84 Å². The first-order valence-electron chi connectivity index (χ1n) is 6.19. The van der Waals surface area contributed by atoms with Crippen molar-refractivity contribution in [1.29, 1.82) is 0 Å². The van der Waals surface area contributed by atoms with Crippen molar-refractivity contribution < 1.29 is 13.2 Å². The third-order valence-corrected chi connectivity index (χ3v) is 3.53. The molecule has 6 heteroatoms. The Morgan fingerprint density at radius 3 is 2.57 bits per heavy atom. The van der Waals surface area contributed by atoms with E-state index in [1.807, 2.05) is 0 Å². The lowest BCUT2D eigenvalue weighted by molar-refractivity contribution is 0.464. The quantitative estimate of drug-likeness (QED) is 0.569. The van der Waals surface area contributed by atoms with Crippen molar-refractivity contribution >= 4 is 22.6 Å². The minimum absolute atomic E-state index is 0.0185. The lowest BCUT2D eigenvalue weighted by Gasteiger charge is -2.14. The molecule has 0 aliphatic rings. The molecule has 0 bridgehead atoms. The number of hydrogen-bond donors (Lipinski definition) is 2. The molecule has 108 valence electrons. The molecule has 3 aromatic rings. The second-order valence-corrected chi connectivity index (χ2v) is 4.99. The monoisotopic (exact) mass is 308 g/mol. The predicted molar refractivity (Wildman–Crippen MR) is 76.7 cm³/mol. The number of para-hydroxylation sites is 1. The van der Waals surface area contributed by atoms with Crippen LogP contribution in [-0.2, 0) is 0 Å². The van der Waals surface area contributed by atoms with Crippen molar-refractivity contribution in [3.8, 4) is 0 Å². The van der Waals surface area contributed by atoms with E-state index >= 15 is 0 Å². The Bertz CT molecular complexity index is 803. The molecule has 3 N–H and O–H groups in total. The summed E-state index contributed by atoms with van der Waals surface area (Å²) in [5, 5.41) is 0.605. The lowest BCUT2D eigenvalue weighted by atomic mass is 10.0. The molecule has 3 rings (SSSR count). The first-order valence-corrected chi connectivity index (χ1v) is 6.57. The van der Waals surface area contributed by atoms with E-state index in [1.165, 1.54) is 24.3 Å². The highest BCUT2D eigenvalue weighted by Crippen LogP contribution is 2.30. The van der Waals surface area contributed by atoms with Crippen molar-refractivity contribution in [2.75, 3.05) is 0 Å². The summed E-state index contributed by atoms with van der Waals surface area (Å²) >= 11 is 5.77. The number of hydrazine groups is 1. The molecule has 21 heavy (non-hydrogen) atoms. The van der Waals surface area contributed by atoms with Crippen LogP contribution in [-0.4, -0.2) is 0 Å². The lowest BCUT2D eigenvalue weighted by Crippen LogP contribution is -2.28. The van der Waals surface area contributed by atoms with Crippen LogP contribution in [0, 0.1) is 11.6 Å². The maximum atomic E-state index is 13.7. The van der Waals surface area contributed by atoms with E-state index in [9.17, 15) is 8.78 Å². The Morgan fingerprint density at radius 1 is 1.10 bits per heavy atom. The molecule has 0 saturated carbocycles. The topological polar surface area (TPSA) is 51.2 Å². The van der Waals surface area contributed by atoms with E-state index in [-0.39, 0.29) is 10.6 Å². The van der Waals surface area contributed by atoms with Gasteiger partial charge in [0.15, 0.2) is 11.4 Å². The average molecular weight is 309 g/mol. The molecule has 2 aromatic carbocycles. The number of fused-ring (bicyclic) bond motifs is 1. The molecule has 0 amide bonds. The molecule has 1 atom stereocenters. The van der Waals surface area contributed by atoms with Gasteiger partial charge in [-0.1, -0.05) is 29.8 Å². The molecular formula is C15H11ClF2N2O. The first kappa shape index (κ1) is 14.0. The summed E-state index contributed by atoms with van der Waals surface area (Å²) in [4.78, 5) is 0. The molecule has 0 radical (unpaired) electrons. The molecule has 0 aliphatic carbocycles. The fourth-order valence-corrected chi connectivity index (χ4v) is 2.41. The molecule has 1 aromatic heterocycles. The first-order chi connectivity index (χ1) is 10.1. The van der Waals surface area contributed by atoms with Gasteiger partial charge >= 0.3 is 0 Å². The summed E-state index contributed by atoms with van der Waals surface area (Å²) in [5.74, 6) is 4.99. The molecule has 0 fully saturated rings. The van der Waals surface area contributed by atoms with Gasteiger partial charge in [0, 0.05) is 5.39 Å². The van der Waals surface area contributed by atoms with E-state index in [4.69, 9.17) is 21.9 Å². The highest BCUT2D eigenvalue weighted by molar-refractivity contribution is 6.30. The number of hydrogen-bond acceptors (Lipinski definition) is 3. The van der Waals surface area contributed by atoms with E-state index in [1.54, 1.807) is 18.2 Å². The minimum atomic E-state index is -0.560. The van der Waals surface area contributed by atoms with Crippen molar-refractivity contribution in [2.45, 2.75) is 6.04 Å². The highest BCUT2D eigenvalue weighted by Gasteiger charge is 2.19. The van der Waals surface area contributed by atoms with Crippen LogP contribution in [0.1, 0.15) is 17.4 Å². The van der Waals surface area contributed by atoms with Gasteiger partial charge in [0.25, 0.3) is 0 Å². The summed E-state index contributed by atoms with van der Waals surface area (Å²) in [5.41, 5.74) is 3.33. The second kappa shape index (κ2) is 5.44. The summed E-state index contributed by atoms with van der Waals surface area (Å²) in [6.45, 7) is 0. The zero-order valence-electron chi connectivity index (χ0n) is 10.7. The van der Waals surface area contributed by atoms with Gasteiger partial charge in [-0.2, -0.15) is 0 Å². The van der Waals surface area contributed by atoms with Gasteiger partial charge in [-0.25, -0.2) is 14.2 Å². The fourth-order valence-electron chi connectivity index (χ4n) is 2.22. The molecule has 0 spiro atoms. The summed E-state index contributed by atoms with van der Waals surface area (Å²) in [6, 6.07) is 9.99. The van der Waals surface area contributed by atoms with Gasteiger partial charge in [0.1, 0.15) is 17.6 Å². The zero-order chi connectivity index (χ0) is 15.0. The number of furan rings is 1. The third kappa shape index (κ3) is 2.51. The normalized spacial score (nSPS) is 12.8. The molecule has 3 nitrogen and oxygen atoms in total. The van der Waals surface area contributed by atoms with Gasteiger partial charge in [-0.3, -0.25) is 5.84 Å². The van der Waals surface area contributed by atoms with Crippen LogP contribution in [0.5, 0.6) is 0 Å². The van der Waals surface area contributed by atoms with Crippen molar-refractivity contribution in [1.82, 2.24) is 5.43 Å². The largest absolute Gasteiger partial charge is 0.456 e. The smallest absolute Gasteiger partial charge is 0.169 e. The molecule has 0 saturated heterocycles. The van der Waals surface area contributed by atoms with Gasteiger partial charge in [-0.05, 0) is 29.8 Å². The van der Waals surface area contributed by atoms with Crippen molar-refractivity contribution in [3.63, 3.8) is 0 Å². The Morgan fingerprint density at radius 2 is 1.90 bits per heavy atom. The third-order valence-electron chi connectivity index (χ3n) is 3.24. The SMILES string of the molecule is NNC(c1ccc(F)c(Cl)c1)c1cc2cccc(F)c2o1. The Balaban J connectivity index is 2.09. The van der Waals surface area contributed by atoms with E-state index in [0.717, 1.165) is 0 Å². The van der Waals surface area contributed by atoms with E-state index in [2.05, 4.69) is 5.43 Å². The summed E-state index contributed by atoms with van der Waals surface area (Å²) in [7, 11) is 0. The van der Waals surface area contributed by atoms with Crippen LogP contribution in [0.3, 0.4) is 0 Å². The fraction of sp³-hybridized carbons (Fsp3) is 0.0667. The van der Waals surface area contributed by atoms with Crippen LogP contribution in [0.4, 0.5) is 8.78 Å². The maximum absolute atomic E-state index is 13.7. The highest BCUT2D eigenvalue weighted by atomic mass is 35.5. The van der Waals surface area contributed by atoms with E-state index in [0.29, 0.717) is 16.7 Å². The Hall–Kier alpha value is -1.95. The summed E-state index contributed by atoms with van der Waals surface area (Å²) in [6.07, 6.45) is 0. The van der Waals surface area contributed by atoms with Gasteiger partial charge in [0.05, 0.1) is 5.02 Å². The van der Waals surface area contributed by atoms with E-state index < -0.39 is 17.7 Å². The number of nitrogens with one attached hydrogen (secondary N) is 1. The van der Waals surface area contributed by atoms with Crippen LogP contribution < -0.4 is 11.3 Å². The Labute approximate surface area is 124 Å². The van der Waals surface area contributed by atoms with Crippen LogP contribution in [0.2, 0.25) is 5.02 Å².